The molecule has 0 amide bonds. The summed E-state index contributed by atoms with van der Waals surface area (Å²) in [6.45, 7) is 2.04. The molecule has 0 radical (unpaired) electrons. The highest BCUT2D eigenvalue weighted by Gasteiger charge is 2.19. The molecule has 2 atom stereocenters. The molecule has 0 fully saturated rings. The number of rotatable bonds is 4. The van der Waals surface area contributed by atoms with Crippen molar-refractivity contribution in [3.63, 3.8) is 0 Å². The summed E-state index contributed by atoms with van der Waals surface area (Å²) >= 11 is 5.37. The van der Waals surface area contributed by atoms with E-state index in [0.717, 1.165) is 4.47 Å². The molecule has 2 nitrogen and oxygen atoms in total. The Morgan fingerprint density at radius 3 is 2.44 bits per heavy atom. The van der Waals surface area contributed by atoms with Crippen molar-refractivity contribution in [2.24, 2.45) is 5.73 Å². The Kier molecular flexibility index (Phi) is 4.80. The van der Waals surface area contributed by atoms with Gasteiger partial charge in [-0.15, -0.1) is 11.8 Å². The molecular formula is C14H15BrN2S. The highest BCUT2D eigenvalue weighted by molar-refractivity contribution is 9.10. The van der Waals surface area contributed by atoms with Crippen LogP contribution < -0.4 is 5.73 Å². The maximum absolute atomic E-state index is 6.13. The van der Waals surface area contributed by atoms with Gasteiger partial charge in [0.05, 0.1) is 5.25 Å². The molecule has 1 aromatic carbocycles. The first kappa shape index (κ1) is 13.6. The van der Waals surface area contributed by atoms with Gasteiger partial charge in [0.15, 0.2) is 0 Å². The van der Waals surface area contributed by atoms with Crippen LogP contribution in [0.3, 0.4) is 0 Å². The first-order chi connectivity index (χ1) is 8.68. The van der Waals surface area contributed by atoms with Crippen LogP contribution in [0.2, 0.25) is 0 Å². The van der Waals surface area contributed by atoms with E-state index in [4.69, 9.17) is 5.73 Å². The van der Waals surface area contributed by atoms with Crippen LogP contribution in [0.15, 0.2) is 58.2 Å². The minimum absolute atomic E-state index is 0.0712. The molecular weight excluding hydrogens is 308 g/mol. The average molecular weight is 323 g/mol. The van der Waals surface area contributed by atoms with Crippen LogP contribution in [0.25, 0.3) is 0 Å². The fraction of sp³-hybridized carbons (Fsp3) is 0.214. The minimum Gasteiger partial charge on any atom is -0.327 e. The van der Waals surface area contributed by atoms with Crippen molar-refractivity contribution in [3.8, 4) is 0 Å². The highest BCUT2D eigenvalue weighted by atomic mass is 79.9. The molecule has 0 aliphatic heterocycles. The zero-order valence-corrected chi connectivity index (χ0v) is 12.5. The molecule has 2 N–H and O–H groups in total. The zero-order chi connectivity index (χ0) is 13.0. The lowest BCUT2D eigenvalue weighted by atomic mass is 10.1. The van der Waals surface area contributed by atoms with Crippen molar-refractivity contribution < 1.29 is 0 Å². The van der Waals surface area contributed by atoms with Crippen molar-refractivity contribution in [2.75, 3.05) is 0 Å². The Balaban J connectivity index is 2.27. The predicted molar refractivity (Wildman–Crippen MR) is 80.6 cm³/mol. The molecule has 0 saturated heterocycles. The summed E-state index contributed by atoms with van der Waals surface area (Å²) < 4.78 is 1.11. The zero-order valence-electron chi connectivity index (χ0n) is 10.1. The number of pyridine rings is 1. The van der Waals surface area contributed by atoms with Crippen LogP contribution in [0.1, 0.15) is 17.7 Å². The summed E-state index contributed by atoms with van der Waals surface area (Å²) in [5.41, 5.74) is 7.36. The first-order valence-electron chi connectivity index (χ1n) is 5.75. The van der Waals surface area contributed by atoms with Crippen LogP contribution in [0, 0.1) is 0 Å². The topological polar surface area (TPSA) is 38.9 Å². The lowest BCUT2D eigenvalue weighted by Crippen LogP contribution is -2.22. The number of nitrogens with zero attached hydrogens (tertiary/aromatic N) is 1. The lowest BCUT2D eigenvalue weighted by molar-refractivity contribution is 0.719. The average Bonchev–Trinajstić information content (AvgIpc) is 2.38. The molecule has 0 aliphatic carbocycles. The number of halogens is 1. The van der Waals surface area contributed by atoms with E-state index < -0.39 is 0 Å². The summed E-state index contributed by atoms with van der Waals surface area (Å²) in [5, 5.41) is 0.225. The van der Waals surface area contributed by atoms with Crippen LogP contribution >= 0.6 is 27.7 Å². The summed E-state index contributed by atoms with van der Waals surface area (Å²) in [4.78, 5) is 5.22. The van der Waals surface area contributed by atoms with Crippen molar-refractivity contribution in [2.45, 2.75) is 23.1 Å². The minimum atomic E-state index is 0.0712. The van der Waals surface area contributed by atoms with Gasteiger partial charge >= 0.3 is 0 Å². The second-order valence-electron chi connectivity index (χ2n) is 4.10. The van der Waals surface area contributed by atoms with Gasteiger partial charge in [-0.05, 0) is 30.7 Å². The Hall–Kier alpha value is -0.840. The molecule has 2 aromatic rings. The summed E-state index contributed by atoms with van der Waals surface area (Å²) in [6.07, 6.45) is 3.61. The fourth-order valence-corrected chi connectivity index (χ4v) is 3.53. The van der Waals surface area contributed by atoms with Gasteiger partial charge in [-0.25, -0.2) is 0 Å². The quantitative estimate of drug-likeness (QED) is 0.864. The Morgan fingerprint density at radius 1 is 1.17 bits per heavy atom. The maximum Gasteiger partial charge on any atom is 0.0504 e. The summed E-state index contributed by atoms with van der Waals surface area (Å²) in [6, 6.07) is 12.3. The van der Waals surface area contributed by atoms with E-state index >= 15 is 0 Å². The highest BCUT2D eigenvalue weighted by Crippen LogP contribution is 2.39. The predicted octanol–water partition coefficient (Wildman–Crippen LogP) is 4.02. The van der Waals surface area contributed by atoms with E-state index in [-0.39, 0.29) is 11.3 Å². The molecule has 1 heterocycles. The molecule has 0 saturated carbocycles. The smallest absolute Gasteiger partial charge is 0.0504 e. The normalized spacial score (nSPS) is 14.2. The van der Waals surface area contributed by atoms with E-state index in [1.165, 1.54) is 10.5 Å². The van der Waals surface area contributed by atoms with Gasteiger partial charge in [0.2, 0.25) is 0 Å². The Bertz CT molecular complexity index is 502. The van der Waals surface area contributed by atoms with E-state index in [1.54, 1.807) is 24.2 Å². The number of hydrogen-bond acceptors (Lipinski definition) is 3. The Labute approximate surface area is 120 Å². The van der Waals surface area contributed by atoms with Gasteiger partial charge in [0.25, 0.3) is 0 Å². The number of thioether (sulfide) groups is 1. The SMILES string of the molecule is CC(N)C(Sc1ccncc1)c1ccccc1Br. The monoisotopic (exact) mass is 322 g/mol. The van der Waals surface area contributed by atoms with Gasteiger partial charge < -0.3 is 5.73 Å². The van der Waals surface area contributed by atoms with Crippen molar-refractivity contribution in [1.29, 1.82) is 0 Å². The molecule has 2 rings (SSSR count). The maximum atomic E-state index is 6.13. The molecule has 0 aliphatic rings. The van der Waals surface area contributed by atoms with E-state index in [9.17, 15) is 0 Å². The van der Waals surface area contributed by atoms with E-state index in [2.05, 4.69) is 33.0 Å². The van der Waals surface area contributed by atoms with Crippen LogP contribution in [0.4, 0.5) is 0 Å². The lowest BCUT2D eigenvalue weighted by Gasteiger charge is -2.22. The van der Waals surface area contributed by atoms with Gasteiger partial charge in [0, 0.05) is 27.8 Å². The second kappa shape index (κ2) is 6.36. The first-order valence-corrected chi connectivity index (χ1v) is 7.42. The van der Waals surface area contributed by atoms with Crippen LogP contribution in [-0.4, -0.2) is 11.0 Å². The number of benzene rings is 1. The molecule has 0 spiro atoms. The molecule has 0 bridgehead atoms. The third-order valence-electron chi connectivity index (χ3n) is 2.60. The fourth-order valence-electron chi connectivity index (χ4n) is 1.72. The van der Waals surface area contributed by atoms with Crippen molar-refractivity contribution in [3.05, 3.63) is 58.8 Å². The number of aromatic nitrogens is 1. The third-order valence-corrected chi connectivity index (χ3v) is 4.81. The van der Waals surface area contributed by atoms with Crippen molar-refractivity contribution in [1.82, 2.24) is 4.98 Å². The third kappa shape index (κ3) is 3.34. The Morgan fingerprint density at radius 2 is 1.83 bits per heavy atom. The van der Waals surface area contributed by atoms with E-state index in [0.29, 0.717) is 0 Å². The van der Waals surface area contributed by atoms with Gasteiger partial charge in [-0.2, -0.15) is 0 Å². The van der Waals surface area contributed by atoms with Gasteiger partial charge in [-0.3, -0.25) is 4.98 Å². The second-order valence-corrected chi connectivity index (χ2v) is 6.17. The molecule has 18 heavy (non-hydrogen) atoms. The summed E-state index contributed by atoms with van der Waals surface area (Å²) in [5.74, 6) is 0. The molecule has 94 valence electrons. The summed E-state index contributed by atoms with van der Waals surface area (Å²) in [7, 11) is 0. The largest absolute Gasteiger partial charge is 0.327 e. The van der Waals surface area contributed by atoms with E-state index in [1.807, 2.05) is 31.2 Å². The van der Waals surface area contributed by atoms with Gasteiger partial charge in [-0.1, -0.05) is 34.1 Å². The molecule has 4 heteroatoms. The van der Waals surface area contributed by atoms with Crippen LogP contribution in [0.5, 0.6) is 0 Å². The van der Waals surface area contributed by atoms with Gasteiger partial charge in [0.1, 0.15) is 0 Å². The number of hydrogen-bond donors (Lipinski definition) is 1. The standard InChI is InChI=1S/C14H15BrN2S/c1-10(16)14(12-4-2-3-5-13(12)15)18-11-6-8-17-9-7-11/h2-10,14H,16H2,1H3. The molecule has 2 unspecified atom stereocenters. The van der Waals surface area contributed by atoms with Crippen LogP contribution in [-0.2, 0) is 0 Å². The van der Waals surface area contributed by atoms with Crippen molar-refractivity contribution >= 4 is 27.7 Å². The molecule has 1 aromatic heterocycles. The number of nitrogens with two attached hydrogens (primary N) is 1.